The maximum absolute atomic E-state index is 11.2. The average Bonchev–Trinajstić information content (AvgIpc) is 3.44. The van der Waals surface area contributed by atoms with Crippen LogP contribution in [-0.2, 0) is 0 Å². The number of hydrogen-bond acceptors (Lipinski definition) is 10. The molecule has 0 fully saturated rings. The summed E-state index contributed by atoms with van der Waals surface area (Å²) >= 11 is 0. The minimum absolute atomic E-state index is 0.0809. The van der Waals surface area contributed by atoms with E-state index in [0.29, 0.717) is 11.8 Å². The second-order valence-corrected chi connectivity index (χ2v) is 5.54. The molecule has 0 bridgehead atoms. The molecule has 13 nitrogen and oxygen atoms in total. The van der Waals surface area contributed by atoms with Crippen molar-refractivity contribution in [2.75, 3.05) is 0 Å². The molecule has 1 aromatic carbocycles. The summed E-state index contributed by atoms with van der Waals surface area (Å²) in [7, 11) is 0. The van der Waals surface area contributed by atoms with Gasteiger partial charge in [-0.2, -0.15) is 0 Å². The van der Waals surface area contributed by atoms with Crippen molar-refractivity contribution in [3.05, 3.63) is 65.6 Å². The SMILES string of the molecule is O=C(O)c1nc2ccccc2c(C(=O)O)c1C(=O)O.c1cc(N=Nc2ccno2)on1. The molecule has 4 rings (SSSR count). The van der Waals surface area contributed by atoms with Crippen LogP contribution >= 0.6 is 0 Å². The third kappa shape index (κ3) is 4.73. The first kappa shape index (κ1) is 20.8. The van der Waals surface area contributed by atoms with Crippen molar-refractivity contribution < 1.29 is 38.7 Å². The molecule has 0 radical (unpaired) electrons. The highest BCUT2D eigenvalue weighted by molar-refractivity contribution is 6.15. The van der Waals surface area contributed by atoms with E-state index in [0.717, 1.165) is 0 Å². The lowest BCUT2D eigenvalue weighted by Crippen LogP contribution is -2.17. The highest BCUT2D eigenvalue weighted by Gasteiger charge is 2.28. The fraction of sp³-hybridized carbons (Fsp3) is 0. The Morgan fingerprint density at radius 1 is 0.742 bits per heavy atom. The Labute approximate surface area is 171 Å². The van der Waals surface area contributed by atoms with E-state index in [1.54, 1.807) is 18.2 Å². The van der Waals surface area contributed by atoms with Gasteiger partial charge in [0.25, 0.3) is 11.8 Å². The number of carboxylic acids is 3. The number of azo groups is 1. The molecular formula is C18H11N5O8. The van der Waals surface area contributed by atoms with Crippen molar-refractivity contribution in [2.24, 2.45) is 10.2 Å². The molecule has 0 saturated carbocycles. The largest absolute Gasteiger partial charge is 0.478 e. The van der Waals surface area contributed by atoms with Crippen molar-refractivity contribution in [3.8, 4) is 0 Å². The molecule has 0 amide bonds. The molecule has 3 N–H and O–H groups in total. The quantitative estimate of drug-likeness (QED) is 0.395. The smallest absolute Gasteiger partial charge is 0.355 e. The van der Waals surface area contributed by atoms with Crippen molar-refractivity contribution in [1.82, 2.24) is 15.3 Å². The van der Waals surface area contributed by atoms with E-state index in [9.17, 15) is 14.4 Å². The molecule has 0 atom stereocenters. The zero-order valence-corrected chi connectivity index (χ0v) is 15.2. The van der Waals surface area contributed by atoms with Crippen LogP contribution in [0.2, 0.25) is 0 Å². The molecule has 13 heteroatoms. The molecule has 31 heavy (non-hydrogen) atoms. The topological polar surface area (TPSA) is 202 Å². The first-order valence-corrected chi connectivity index (χ1v) is 8.24. The number of hydrogen-bond donors (Lipinski definition) is 3. The Morgan fingerprint density at radius 2 is 1.29 bits per heavy atom. The molecular weight excluding hydrogens is 414 g/mol. The van der Waals surface area contributed by atoms with Gasteiger partial charge in [0.2, 0.25) is 0 Å². The highest BCUT2D eigenvalue weighted by atomic mass is 16.5. The highest BCUT2D eigenvalue weighted by Crippen LogP contribution is 2.24. The monoisotopic (exact) mass is 425 g/mol. The van der Waals surface area contributed by atoms with Gasteiger partial charge in [-0.15, -0.1) is 10.2 Å². The summed E-state index contributed by atoms with van der Waals surface area (Å²) in [5.41, 5.74) is -2.07. The molecule has 0 aliphatic heterocycles. The predicted octanol–water partition coefficient (Wildman–Crippen LogP) is 3.41. The van der Waals surface area contributed by atoms with Crippen LogP contribution in [0.4, 0.5) is 11.8 Å². The van der Waals surface area contributed by atoms with E-state index in [1.165, 1.54) is 30.6 Å². The molecule has 3 heterocycles. The number of pyridine rings is 1. The Morgan fingerprint density at radius 3 is 1.74 bits per heavy atom. The lowest BCUT2D eigenvalue weighted by atomic mass is 10.0. The lowest BCUT2D eigenvalue weighted by Gasteiger charge is -2.08. The Hall–Kier alpha value is -4.94. The van der Waals surface area contributed by atoms with Gasteiger partial charge in [-0.25, -0.2) is 19.4 Å². The second-order valence-electron chi connectivity index (χ2n) is 5.54. The molecule has 0 aliphatic carbocycles. The number of benzene rings is 1. The minimum atomic E-state index is -1.65. The summed E-state index contributed by atoms with van der Waals surface area (Å²) < 4.78 is 9.32. The molecule has 4 aromatic rings. The number of nitrogens with zero attached hydrogens (tertiary/aromatic N) is 5. The Kier molecular flexibility index (Phi) is 6.06. The van der Waals surface area contributed by atoms with E-state index in [4.69, 9.17) is 15.3 Å². The van der Waals surface area contributed by atoms with Crippen LogP contribution in [0.3, 0.4) is 0 Å². The summed E-state index contributed by atoms with van der Waals surface area (Å²) in [6.07, 6.45) is 2.96. The molecule has 3 aromatic heterocycles. The summed E-state index contributed by atoms with van der Waals surface area (Å²) in [5, 5.41) is 41.5. The van der Waals surface area contributed by atoms with Gasteiger partial charge in [-0.3, -0.25) is 0 Å². The summed E-state index contributed by atoms with van der Waals surface area (Å²) in [6, 6.07) is 9.03. The maximum Gasteiger partial charge on any atom is 0.355 e. The van der Waals surface area contributed by atoms with Crippen molar-refractivity contribution in [1.29, 1.82) is 0 Å². The standard InChI is InChI=1S/C12H7NO6.C6H4N4O2/c14-10(15)7-5-3-1-2-4-6(5)13-9(12(18)19)8(7)11(16)17;1-3-7-11-5(1)9-10-6-2-4-8-12-6/h1-4H,(H,14,15)(H,16,17)(H,18,19);1-4H. The Bertz CT molecular complexity index is 1230. The zero-order chi connectivity index (χ0) is 22.4. The van der Waals surface area contributed by atoms with Crippen LogP contribution in [0.5, 0.6) is 0 Å². The van der Waals surface area contributed by atoms with Crippen molar-refractivity contribution in [2.45, 2.75) is 0 Å². The minimum Gasteiger partial charge on any atom is -0.478 e. The van der Waals surface area contributed by atoms with Gasteiger partial charge in [0.15, 0.2) is 5.69 Å². The molecule has 0 saturated heterocycles. The van der Waals surface area contributed by atoms with Gasteiger partial charge in [0, 0.05) is 17.5 Å². The van der Waals surface area contributed by atoms with Gasteiger partial charge >= 0.3 is 17.9 Å². The number of carboxylic acid groups (broad SMARTS) is 3. The third-order valence-electron chi connectivity index (χ3n) is 3.62. The number of para-hydroxylation sites is 1. The van der Waals surface area contributed by atoms with Crippen LogP contribution in [0.25, 0.3) is 10.9 Å². The van der Waals surface area contributed by atoms with Crippen LogP contribution in [0, 0.1) is 0 Å². The molecule has 0 aliphatic rings. The van der Waals surface area contributed by atoms with Crippen molar-refractivity contribution >= 4 is 40.6 Å². The molecule has 0 unspecified atom stereocenters. The number of fused-ring (bicyclic) bond motifs is 1. The van der Waals surface area contributed by atoms with E-state index in [1.807, 2.05) is 0 Å². The number of carbonyl (C=O) groups is 3. The van der Waals surface area contributed by atoms with Crippen LogP contribution < -0.4 is 0 Å². The Balaban J connectivity index is 0.000000194. The van der Waals surface area contributed by atoms with Gasteiger partial charge < -0.3 is 24.4 Å². The summed E-state index contributed by atoms with van der Waals surface area (Å²) in [4.78, 5) is 37.1. The average molecular weight is 425 g/mol. The van der Waals surface area contributed by atoms with Crippen LogP contribution in [0.15, 0.2) is 68.1 Å². The van der Waals surface area contributed by atoms with E-state index >= 15 is 0 Å². The molecule has 156 valence electrons. The normalized spacial score (nSPS) is 10.6. The first-order chi connectivity index (χ1) is 14.9. The maximum atomic E-state index is 11.2. The van der Waals surface area contributed by atoms with Gasteiger partial charge in [-0.1, -0.05) is 28.5 Å². The van der Waals surface area contributed by atoms with E-state index in [-0.39, 0.29) is 10.9 Å². The summed E-state index contributed by atoms with van der Waals surface area (Å²) in [5.74, 6) is -4.10. The van der Waals surface area contributed by atoms with Gasteiger partial charge in [0.1, 0.15) is 5.56 Å². The number of aromatic nitrogens is 3. The zero-order valence-electron chi connectivity index (χ0n) is 15.2. The number of aromatic carboxylic acids is 3. The van der Waals surface area contributed by atoms with Crippen molar-refractivity contribution in [3.63, 3.8) is 0 Å². The third-order valence-corrected chi connectivity index (χ3v) is 3.62. The van der Waals surface area contributed by atoms with Gasteiger partial charge in [-0.05, 0) is 6.07 Å². The van der Waals surface area contributed by atoms with E-state index < -0.39 is 34.7 Å². The molecule has 0 spiro atoms. The predicted molar refractivity (Wildman–Crippen MR) is 99.8 cm³/mol. The fourth-order valence-electron chi connectivity index (χ4n) is 2.42. The van der Waals surface area contributed by atoms with E-state index in [2.05, 4.69) is 34.6 Å². The number of rotatable bonds is 5. The van der Waals surface area contributed by atoms with Crippen LogP contribution in [0.1, 0.15) is 31.2 Å². The van der Waals surface area contributed by atoms with Gasteiger partial charge in [0.05, 0.1) is 23.5 Å². The van der Waals surface area contributed by atoms with Crippen LogP contribution in [-0.4, -0.2) is 48.5 Å². The first-order valence-electron chi connectivity index (χ1n) is 8.24. The lowest BCUT2D eigenvalue weighted by molar-refractivity contribution is 0.0631. The second kappa shape index (κ2) is 9.04. The summed E-state index contributed by atoms with van der Waals surface area (Å²) in [6.45, 7) is 0. The fourth-order valence-corrected chi connectivity index (χ4v) is 2.42.